The first kappa shape index (κ1) is 10.3. The van der Waals surface area contributed by atoms with E-state index in [4.69, 9.17) is 6.42 Å². The number of nitrogens with one attached hydrogen (secondary N) is 2. The molecule has 0 saturated carbocycles. The van der Waals surface area contributed by atoms with Crippen LogP contribution in [0.2, 0.25) is 0 Å². The van der Waals surface area contributed by atoms with Gasteiger partial charge in [0.15, 0.2) is 0 Å². The third kappa shape index (κ3) is 2.23. The molecule has 3 heteroatoms. The molecule has 3 nitrogen and oxygen atoms in total. The van der Waals surface area contributed by atoms with Gasteiger partial charge in [0.25, 0.3) is 0 Å². The van der Waals surface area contributed by atoms with Gasteiger partial charge in [-0.15, -0.1) is 6.42 Å². The van der Waals surface area contributed by atoms with E-state index >= 15 is 0 Å². The Labute approximate surface area is 94.9 Å². The summed E-state index contributed by atoms with van der Waals surface area (Å²) in [4.78, 5) is 7.26. The molecular formula is C13H13N3. The lowest BCUT2D eigenvalue weighted by Gasteiger charge is -2.05. The van der Waals surface area contributed by atoms with Crippen LogP contribution in [0.1, 0.15) is 17.0 Å². The van der Waals surface area contributed by atoms with Crippen LogP contribution in [0.3, 0.4) is 0 Å². The van der Waals surface area contributed by atoms with Crippen molar-refractivity contribution in [2.45, 2.75) is 13.5 Å². The molecule has 1 aromatic carbocycles. The molecule has 0 spiro atoms. The van der Waals surface area contributed by atoms with Crippen molar-refractivity contribution in [1.82, 2.24) is 9.97 Å². The van der Waals surface area contributed by atoms with Gasteiger partial charge >= 0.3 is 0 Å². The van der Waals surface area contributed by atoms with Crippen LogP contribution in [-0.2, 0) is 6.54 Å². The number of aryl methyl sites for hydroxylation is 1. The molecule has 16 heavy (non-hydrogen) atoms. The van der Waals surface area contributed by atoms with Crippen LogP contribution in [0, 0.1) is 19.3 Å². The third-order valence-electron chi connectivity index (χ3n) is 2.42. The van der Waals surface area contributed by atoms with Crippen molar-refractivity contribution < 1.29 is 0 Å². The summed E-state index contributed by atoms with van der Waals surface area (Å²) in [7, 11) is 0. The molecule has 0 atom stereocenters. The van der Waals surface area contributed by atoms with Gasteiger partial charge in [-0.25, -0.2) is 4.98 Å². The maximum Gasteiger partial charge on any atom is 0.0925 e. The molecule has 0 aliphatic heterocycles. The van der Waals surface area contributed by atoms with E-state index in [2.05, 4.69) is 21.2 Å². The lowest BCUT2D eigenvalue weighted by atomic mass is 10.2. The van der Waals surface area contributed by atoms with Crippen LogP contribution in [0.5, 0.6) is 0 Å². The Hall–Kier alpha value is -2.21. The molecular weight excluding hydrogens is 198 g/mol. The van der Waals surface area contributed by atoms with Crippen molar-refractivity contribution in [2.75, 3.05) is 5.32 Å². The summed E-state index contributed by atoms with van der Waals surface area (Å²) in [6.07, 6.45) is 7.04. The summed E-state index contributed by atoms with van der Waals surface area (Å²) in [5.41, 5.74) is 3.99. The fourth-order valence-electron chi connectivity index (χ4n) is 1.47. The minimum atomic E-state index is 0.698. The number of hydrogen-bond donors (Lipinski definition) is 2. The number of nitrogens with zero attached hydrogens (tertiary/aromatic N) is 1. The molecule has 0 saturated heterocycles. The number of hydrogen-bond acceptors (Lipinski definition) is 2. The second kappa shape index (κ2) is 4.54. The fraction of sp³-hybridized carbons (Fsp3) is 0.154. The summed E-state index contributed by atoms with van der Waals surface area (Å²) >= 11 is 0. The van der Waals surface area contributed by atoms with Crippen molar-refractivity contribution in [2.24, 2.45) is 0 Å². The molecule has 2 aromatic rings. The Morgan fingerprint density at radius 1 is 1.50 bits per heavy atom. The van der Waals surface area contributed by atoms with Gasteiger partial charge in [0.2, 0.25) is 0 Å². The molecule has 80 valence electrons. The van der Waals surface area contributed by atoms with E-state index in [0.29, 0.717) is 6.54 Å². The number of imidazole rings is 1. The van der Waals surface area contributed by atoms with Gasteiger partial charge in [-0.1, -0.05) is 12.0 Å². The smallest absolute Gasteiger partial charge is 0.0925 e. The van der Waals surface area contributed by atoms with E-state index in [1.54, 1.807) is 6.33 Å². The summed E-state index contributed by atoms with van der Waals surface area (Å²) in [5.74, 6) is 2.61. The van der Waals surface area contributed by atoms with Gasteiger partial charge in [-0.3, -0.25) is 0 Å². The van der Waals surface area contributed by atoms with Crippen LogP contribution in [0.25, 0.3) is 0 Å². The van der Waals surface area contributed by atoms with E-state index in [1.165, 1.54) is 0 Å². The minimum Gasteiger partial charge on any atom is -0.379 e. The van der Waals surface area contributed by atoms with Crippen LogP contribution >= 0.6 is 0 Å². The first-order valence-corrected chi connectivity index (χ1v) is 5.09. The van der Waals surface area contributed by atoms with Crippen LogP contribution < -0.4 is 5.32 Å². The molecule has 0 radical (unpaired) electrons. The van der Waals surface area contributed by atoms with E-state index in [-0.39, 0.29) is 0 Å². The zero-order valence-electron chi connectivity index (χ0n) is 9.12. The molecule has 0 amide bonds. The summed E-state index contributed by atoms with van der Waals surface area (Å²) in [6.45, 7) is 2.70. The Balaban J connectivity index is 2.05. The van der Waals surface area contributed by atoms with E-state index in [9.17, 15) is 0 Å². The lowest BCUT2D eigenvalue weighted by molar-refractivity contribution is 1.05. The second-order valence-electron chi connectivity index (χ2n) is 3.55. The average molecular weight is 211 g/mol. The van der Waals surface area contributed by atoms with E-state index in [1.807, 2.05) is 31.2 Å². The highest BCUT2D eigenvalue weighted by Crippen LogP contribution is 2.11. The third-order valence-corrected chi connectivity index (χ3v) is 2.42. The van der Waals surface area contributed by atoms with Crippen LogP contribution in [0.15, 0.2) is 30.6 Å². The predicted molar refractivity (Wildman–Crippen MR) is 65.0 cm³/mol. The maximum absolute atomic E-state index is 5.34. The molecule has 0 fully saturated rings. The van der Waals surface area contributed by atoms with Crippen LogP contribution in [0.4, 0.5) is 5.69 Å². The highest BCUT2D eigenvalue weighted by molar-refractivity contribution is 5.50. The molecule has 2 N–H and O–H groups in total. The molecule has 0 bridgehead atoms. The fourth-order valence-corrected chi connectivity index (χ4v) is 1.47. The van der Waals surface area contributed by atoms with Crippen molar-refractivity contribution in [3.63, 3.8) is 0 Å². The quantitative estimate of drug-likeness (QED) is 0.765. The summed E-state index contributed by atoms with van der Waals surface area (Å²) in [5, 5.41) is 3.28. The summed E-state index contributed by atoms with van der Waals surface area (Å²) < 4.78 is 0. The largest absolute Gasteiger partial charge is 0.379 e. The second-order valence-corrected chi connectivity index (χ2v) is 3.55. The van der Waals surface area contributed by atoms with E-state index < -0.39 is 0 Å². The Bertz CT molecular complexity index is 520. The van der Waals surface area contributed by atoms with Crippen molar-refractivity contribution >= 4 is 5.69 Å². The number of benzene rings is 1. The zero-order valence-corrected chi connectivity index (χ0v) is 9.12. The van der Waals surface area contributed by atoms with Crippen molar-refractivity contribution in [3.05, 3.63) is 47.5 Å². The number of anilines is 1. The van der Waals surface area contributed by atoms with Gasteiger partial charge < -0.3 is 10.3 Å². The number of terminal acetylenes is 1. The van der Waals surface area contributed by atoms with Gasteiger partial charge in [0.05, 0.1) is 18.6 Å². The van der Waals surface area contributed by atoms with Crippen molar-refractivity contribution in [1.29, 1.82) is 0 Å². The molecule has 1 heterocycles. The summed E-state index contributed by atoms with van der Waals surface area (Å²) in [6, 6.07) is 7.78. The topological polar surface area (TPSA) is 40.7 Å². The SMILES string of the molecule is C#Cc1cccc(NCc2nc[nH]c2C)c1. The molecule has 0 unspecified atom stereocenters. The first-order chi connectivity index (χ1) is 7.79. The molecule has 2 rings (SSSR count). The Kier molecular flexibility index (Phi) is 2.93. The normalized spacial score (nSPS) is 9.75. The Morgan fingerprint density at radius 2 is 2.38 bits per heavy atom. The highest BCUT2D eigenvalue weighted by atomic mass is 14.9. The first-order valence-electron chi connectivity index (χ1n) is 5.09. The molecule has 1 aromatic heterocycles. The highest BCUT2D eigenvalue weighted by Gasteiger charge is 2.00. The number of aromatic nitrogens is 2. The molecule has 0 aliphatic carbocycles. The van der Waals surface area contributed by atoms with Crippen LogP contribution in [-0.4, -0.2) is 9.97 Å². The number of rotatable bonds is 3. The number of aromatic amines is 1. The van der Waals surface area contributed by atoms with Gasteiger partial charge in [0, 0.05) is 16.9 Å². The van der Waals surface area contributed by atoms with Gasteiger partial charge in [0.1, 0.15) is 0 Å². The van der Waals surface area contributed by atoms with E-state index in [0.717, 1.165) is 22.6 Å². The van der Waals surface area contributed by atoms with Gasteiger partial charge in [-0.05, 0) is 25.1 Å². The van der Waals surface area contributed by atoms with Crippen molar-refractivity contribution in [3.8, 4) is 12.3 Å². The minimum absolute atomic E-state index is 0.698. The molecule has 0 aliphatic rings. The van der Waals surface area contributed by atoms with Gasteiger partial charge in [-0.2, -0.15) is 0 Å². The maximum atomic E-state index is 5.34. The standard InChI is InChI=1S/C13H13N3/c1-3-11-5-4-6-12(7-11)14-8-13-10(2)15-9-16-13/h1,4-7,9,14H,8H2,2H3,(H,15,16). The monoisotopic (exact) mass is 211 g/mol. The zero-order chi connectivity index (χ0) is 11.4. The number of H-pyrrole nitrogens is 1. The lowest BCUT2D eigenvalue weighted by Crippen LogP contribution is -2.01. The average Bonchev–Trinajstić information content (AvgIpc) is 2.72. The predicted octanol–water partition coefficient (Wildman–Crippen LogP) is 2.31. The Morgan fingerprint density at radius 3 is 3.06 bits per heavy atom.